The summed E-state index contributed by atoms with van der Waals surface area (Å²) < 4.78 is 0. The van der Waals surface area contributed by atoms with Crippen molar-refractivity contribution in [3.05, 3.63) is 94.5 Å². The number of anilines is 1. The summed E-state index contributed by atoms with van der Waals surface area (Å²) in [5.74, 6) is 0.754. The molecule has 1 fully saturated rings. The highest BCUT2D eigenvalue weighted by Crippen LogP contribution is 2.36. The third-order valence-corrected chi connectivity index (χ3v) is 6.13. The van der Waals surface area contributed by atoms with Gasteiger partial charge in [0.15, 0.2) is 0 Å². The number of carbonyl (C=O) groups excluding carboxylic acids is 1. The van der Waals surface area contributed by atoms with Crippen LogP contribution in [0.4, 0.5) is 5.69 Å². The third kappa shape index (κ3) is 4.21. The number of aliphatic imine (C=N–C) groups is 1. The van der Waals surface area contributed by atoms with E-state index in [1.807, 2.05) is 65.6 Å². The lowest BCUT2D eigenvalue weighted by Crippen LogP contribution is -2.40. The fraction of sp³-hybridized carbons (Fsp3) is 0.231. The van der Waals surface area contributed by atoms with Crippen LogP contribution in [0.2, 0.25) is 5.02 Å². The average Bonchev–Trinajstić information content (AvgIpc) is 3.61. The molecule has 0 bridgehead atoms. The molecule has 5 rings (SSSR count). The minimum Gasteiger partial charge on any atom is -0.508 e. The first-order chi connectivity index (χ1) is 15.1. The zero-order valence-electron chi connectivity index (χ0n) is 17.0. The Morgan fingerprint density at radius 3 is 2.45 bits per heavy atom. The lowest BCUT2D eigenvalue weighted by atomic mass is 10.00. The molecule has 1 heterocycles. The maximum atomic E-state index is 13.7. The Hall–Kier alpha value is -3.11. The first-order valence-corrected chi connectivity index (χ1v) is 11.0. The number of nitrogens with zero attached hydrogens (tertiary/aromatic N) is 2. The van der Waals surface area contributed by atoms with Crippen molar-refractivity contribution in [1.82, 2.24) is 0 Å². The van der Waals surface area contributed by atoms with E-state index in [1.54, 1.807) is 12.1 Å². The molecule has 31 heavy (non-hydrogen) atoms. The Morgan fingerprint density at radius 1 is 1.00 bits per heavy atom. The van der Waals surface area contributed by atoms with Gasteiger partial charge in [0.2, 0.25) is 0 Å². The number of hydrogen-bond donors (Lipinski definition) is 1. The molecule has 1 aliphatic carbocycles. The zero-order valence-corrected chi connectivity index (χ0v) is 17.8. The van der Waals surface area contributed by atoms with E-state index in [0.717, 1.165) is 40.9 Å². The summed E-state index contributed by atoms with van der Waals surface area (Å²) in [7, 11) is 0. The molecule has 2 aliphatic rings. The Morgan fingerprint density at radius 2 is 1.74 bits per heavy atom. The molecular weight excluding hydrogens is 408 g/mol. The third-order valence-electron chi connectivity index (χ3n) is 5.89. The van der Waals surface area contributed by atoms with Crippen LogP contribution in [0.3, 0.4) is 0 Å². The van der Waals surface area contributed by atoms with Gasteiger partial charge in [0, 0.05) is 29.1 Å². The molecule has 1 unspecified atom stereocenters. The van der Waals surface area contributed by atoms with E-state index in [-0.39, 0.29) is 11.7 Å². The number of carbonyl (C=O) groups is 1. The highest BCUT2D eigenvalue weighted by atomic mass is 35.5. The van der Waals surface area contributed by atoms with Crippen LogP contribution in [0.15, 0.2) is 77.8 Å². The van der Waals surface area contributed by atoms with Gasteiger partial charge in [0.1, 0.15) is 11.8 Å². The van der Waals surface area contributed by atoms with Crippen LogP contribution < -0.4 is 4.90 Å². The predicted molar refractivity (Wildman–Crippen MR) is 124 cm³/mol. The first-order valence-electron chi connectivity index (χ1n) is 10.6. The van der Waals surface area contributed by atoms with Crippen LogP contribution in [0.25, 0.3) is 0 Å². The molecule has 0 aromatic heterocycles. The van der Waals surface area contributed by atoms with Gasteiger partial charge in [-0.1, -0.05) is 41.9 Å². The van der Waals surface area contributed by atoms with E-state index < -0.39 is 6.04 Å². The lowest BCUT2D eigenvalue weighted by Gasteiger charge is -2.25. The Kier molecular flexibility index (Phi) is 5.24. The fourth-order valence-corrected chi connectivity index (χ4v) is 4.25. The van der Waals surface area contributed by atoms with Crippen LogP contribution >= 0.6 is 11.6 Å². The highest BCUT2D eigenvalue weighted by molar-refractivity contribution is 6.32. The van der Waals surface area contributed by atoms with E-state index in [9.17, 15) is 9.90 Å². The van der Waals surface area contributed by atoms with Gasteiger partial charge >= 0.3 is 0 Å². The molecule has 1 saturated carbocycles. The summed E-state index contributed by atoms with van der Waals surface area (Å²) in [5, 5.41) is 10.4. The van der Waals surface area contributed by atoms with Crippen molar-refractivity contribution in [3.63, 3.8) is 0 Å². The van der Waals surface area contributed by atoms with Gasteiger partial charge in [-0.25, -0.2) is 0 Å². The van der Waals surface area contributed by atoms with Gasteiger partial charge in [-0.15, -0.1) is 0 Å². The number of fused-ring (bicyclic) bond motifs is 1. The quantitative estimate of drug-likeness (QED) is 0.601. The Bertz CT molecular complexity index is 1140. The summed E-state index contributed by atoms with van der Waals surface area (Å²) >= 11 is 6.38. The molecule has 0 radical (unpaired) electrons. The van der Waals surface area contributed by atoms with Crippen LogP contribution in [0.5, 0.6) is 5.75 Å². The summed E-state index contributed by atoms with van der Waals surface area (Å²) in [4.78, 5) is 20.6. The first kappa shape index (κ1) is 19.8. The molecule has 4 nitrogen and oxygen atoms in total. The molecule has 1 atom stereocenters. The maximum absolute atomic E-state index is 13.7. The van der Waals surface area contributed by atoms with E-state index in [2.05, 4.69) is 0 Å². The van der Waals surface area contributed by atoms with E-state index in [4.69, 9.17) is 16.6 Å². The summed E-state index contributed by atoms with van der Waals surface area (Å²) in [6, 6.07) is 22.1. The number of phenols is 1. The molecule has 0 saturated heterocycles. The number of hydrogen-bond acceptors (Lipinski definition) is 3. The molecule has 3 aromatic carbocycles. The second-order valence-corrected chi connectivity index (χ2v) is 8.72. The van der Waals surface area contributed by atoms with Crippen molar-refractivity contribution in [2.75, 3.05) is 11.4 Å². The van der Waals surface area contributed by atoms with Gasteiger partial charge in [-0.2, -0.15) is 0 Å². The SMILES string of the molecule is O=C1C(Cc2ccccc2)N=C(c2ccc(O)cc2)c2cc(Cl)ccc2N1CC1CC1. The van der Waals surface area contributed by atoms with Crippen molar-refractivity contribution < 1.29 is 9.90 Å². The largest absolute Gasteiger partial charge is 0.508 e. The molecule has 0 spiro atoms. The van der Waals surface area contributed by atoms with E-state index in [0.29, 0.717) is 23.9 Å². The normalized spacial score (nSPS) is 18.4. The van der Waals surface area contributed by atoms with Crippen LogP contribution in [0.1, 0.15) is 29.5 Å². The molecular formula is C26H23ClN2O2. The van der Waals surface area contributed by atoms with Crippen molar-refractivity contribution >= 4 is 28.9 Å². The van der Waals surface area contributed by atoms with Gasteiger partial charge in [-0.3, -0.25) is 9.79 Å². The molecule has 1 N–H and O–H groups in total. The van der Waals surface area contributed by atoms with Crippen molar-refractivity contribution in [2.45, 2.75) is 25.3 Å². The molecule has 3 aromatic rings. The van der Waals surface area contributed by atoms with Gasteiger partial charge in [0.25, 0.3) is 5.91 Å². The highest BCUT2D eigenvalue weighted by Gasteiger charge is 2.35. The summed E-state index contributed by atoms with van der Waals surface area (Å²) in [6.45, 7) is 0.705. The fourth-order valence-electron chi connectivity index (χ4n) is 4.08. The molecule has 1 aliphatic heterocycles. The minimum absolute atomic E-state index is 0.0214. The van der Waals surface area contributed by atoms with Gasteiger partial charge < -0.3 is 10.0 Å². The number of benzene rings is 3. The average molecular weight is 431 g/mol. The monoisotopic (exact) mass is 430 g/mol. The Balaban J connectivity index is 1.66. The second kappa shape index (κ2) is 8.20. The summed E-state index contributed by atoms with van der Waals surface area (Å²) in [6.07, 6.45) is 2.84. The topological polar surface area (TPSA) is 52.9 Å². The van der Waals surface area contributed by atoms with E-state index >= 15 is 0 Å². The Labute approximate surface area is 186 Å². The molecule has 156 valence electrons. The minimum atomic E-state index is -0.531. The maximum Gasteiger partial charge on any atom is 0.252 e. The van der Waals surface area contributed by atoms with Crippen molar-refractivity contribution in [3.8, 4) is 5.75 Å². The number of rotatable bonds is 5. The van der Waals surface area contributed by atoms with Crippen molar-refractivity contribution in [1.29, 1.82) is 0 Å². The molecule has 5 heteroatoms. The predicted octanol–water partition coefficient (Wildman–Crippen LogP) is 5.25. The number of halogens is 1. The van der Waals surface area contributed by atoms with Crippen LogP contribution in [-0.4, -0.2) is 29.3 Å². The van der Waals surface area contributed by atoms with Gasteiger partial charge in [-0.05, 0) is 66.8 Å². The molecule has 1 amide bonds. The smallest absolute Gasteiger partial charge is 0.252 e. The zero-order chi connectivity index (χ0) is 21.4. The number of amides is 1. The standard InChI is InChI=1S/C26H23ClN2O2/c27-20-10-13-24-22(15-20)25(19-8-11-21(30)12-9-19)28-23(14-17-4-2-1-3-5-17)26(31)29(24)16-18-6-7-18/h1-5,8-13,15,18,23,30H,6-7,14,16H2. The number of phenolic OH excluding ortho intramolecular Hbond substituents is 1. The van der Waals surface area contributed by atoms with Crippen LogP contribution in [0, 0.1) is 5.92 Å². The lowest BCUT2D eigenvalue weighted by molar-refractivity contribution is -0.119. The summed E-state index contributed by atoms with van der Waals surface area (Å²) in [5.41, 5.74) is 4.35. The van der Waals surface area contributed by atoms with Gasteiger partial charge in [0.05, 0.1) is 11.4 Å². The van der Waals surface area contributed by atoms with Crippen LogP contribution in [-0.2, 0) is 11.2 Å². The van der Waals surface area contributed by atoms with Crippen molar-refractivity contribution in [2.24, 2.45) is 10.9 Å². The number of aromatic hydroxyl groups is 1. The van der Waals surface area contributed by atoms with E-state index in [1.165, 1.54) is 0 Å². The second-order valence-electron chi connectivity index (χ2n) is 8.28. The number of benzodiazepines with no additional fused rings is 1.